The number of thiocarbonyl (C=S) groups is 1. The third-order valence-electron chi connectivity index (χ3n) is 4.77. The van der Waals surface area contributed by atoms with Crippen LogP contribution in [0.1, 0.15) is 5.76 Å². The van der Waals surface area contributed by atoms with Crippen LogP contribution in [0.5, 0.6) is 5.75 Å². The molecule has 4 rings (SSSR count). The second-order valence-electron chi connectivity index (χ2n) is 6.75. The van der Waals surface area contributed by atoms with Gasteiger partial charge in [0.25, 0.3) is 17.5 Å². The molecule has 11 heteroatoms. The minimum atomic E-state index is -0.834. The Balaban J connectivity index is 1.72. The molecule has 166 valence electrons. The molecule has 0 aliphatic carbocycles. The van der Waals surface area contributed by atoms with Crippen LogP contribution in [0.3, 0.4) is 0 Å². The first-order chi connectivity index (χ1) is 15.8. The van der Waals surface area contributed by atoms with Gasteiger partial charge in [-0.1, -0.05) is 12.1 Å². The van der Waals surface area contributed by atoms with Crippen molar-refractivity contribution in [3.63, 3.8) is 0 Å². The van der Waals surface area contributed by atoms with Gasteiger partial charge in [-0.2, -0.15) is 0 Å². The fourth-order valence-corrected chi connectivity index (χ4v) is 3.50. The normalized spacial score (nSPS) is 15.0. The number of nitrogens with zero attached hydrogens (tertiary/aromatic N) is 2. The molecule has 2 heterocycles. The van der Waals surface area contributed by atoms with E-state index in [0.29, 0.717) is 11.3 Å². The SMILES string of the molecule is COc1ccc([N+](=O)[O-])cc1-c1ccc(/C=C2/C(=O)NC(=S)N(c3ccccc3F)C2=O)o1. The van der Waals surface area contributed by atoms with Crippen molar-refractivity contribution in [1.29, 1.82) is 0 Å². The lowest BCUT2D eigenvalue weighted by molar-refractivity contribution is -0.384. The molecule has 3 aromatic rings. The number of hydrogen-bond acceptors (Lipinski definition) is 7. The Morgan fingerprint density at radius 1 is 1.18 bits per heavy atom. The summed E-state index contributed by atoms with van der Waals surface area (Å²) in [4.78, 5) is 36.9. The fraction of sp³-hybridized carbons (Fsp3) is 0.0455. The van der Waals surface area contributed by atoms with Gasteiger partial charge < -0.3 is 9.15 Å². The predicted molar refractivity (Wildman–Crippen MR) is 120 cm³/mol. The van der Waals surface area contributed by atoms with Gasteiger partial charge in [0.1, 0.15) is 28.7 Å². The van der Waals surface area contributed by atoms with E-state index in [1.807, 2.05) is 0 Å². The molecule has 0 bridgehead atoms. The summed E-state index contributed by atoms with van der Waals surface area (Å²) >= 11 is 5.06. The lowest BCUT2D eigenvalue weighted by atomic mass is 10.1. The van der Waals surface area contributed by atoms with Gasteiger partial charge in [-0.15, -0.1) is 0 Å². The molecular weight excluding hydrogens is 453 g/mol. The Hall–Kier alpha value is -4.38. The largest absolute Gasteiger partial charge is 0.496 e. The highest BCUT2D eigenvalue weighted by Crippen LogP contribution is 2.35. The monoisotopic (exact) mass is 467 g/mol. The van der Waals surface area contributed by atoms with Crippen molar-refractivity contribution in [3.05, 3.63) is 81.9 Å². The van der Waals surface area contributed by atoms with E-state index in [2.05, 4.69) is 5.32 Å². The van der Waals surface area contributed by atoms with Crippen LogP contribution >= 0.6 is 12.2 Å². The zero-order valence-corrected chi connectivity index (χ0v) is 17.7. The third-order valence-corrected chi connectivity index (χ3v) is 5.05. The molecule has 1 aliphatic rings. The maximum atomic E-state index is 14.3. The number of halogens is 1. The topological polar surface area (TPSA) is 115 Å². The Kier molecular flexibility index (Phi) is 5.71. The molecule has 2 amide bonds. The molecule has 1 aliphatic heterocycles. The van der Waals surface area contributed by atoms with E-state index in [9.17, 15) is 24.1 Å². The van der Waals surface area contributed by atoms with Crippen molar-refractivity contribution >= 4 is 46.6 Å². The number of nitro groups is 1. The predicted octanol–water partition coefficient (Wildman–Crippen LogP) is 3.83. The Labute approximate surface area is 191 Å². The average Bonchev–Trinajstić information content (AvgIpc) is 3.26. The number of benzene rings is 2. The van der Waals surface area contributed by atoms with Crippen molar-refractivity contribution in [2.24, 2.45) is 0 Å². The average molecular weight is 467 g/mol. The first kappa shape index (κ1) is 21.8. The number of carbonyl (C=O) groups excluding carboxylic acids is 2. The van der Waals surface area contributed by atoms with E-state index in [1.165, 1.54) is 61.7 Å². The van der Waals surface area contributed by atoms with Gasteiger partial charge in [-0.05, 0) is 48.6 Å². The van der Waals surface area contributed by atoms with Crippen molar-refractivity contribution in [2.45, 2.75) is 0 Å². The van der Waals surface area contributed by atoms with Gasteiger partial charge in [-0.25, -0.2) is 9.29 Å². The number of carbonyl (C=O) groups is 2. The zero-order chi connectivity index (χ0) is 23.7. The van der Waals surface area contributed by atoms with Gasteiger partial charge in [0, 0.05) is 12.1 Å². The van der Waals surface area contributed by atoms with Crippen LogP contribution < -0.4 is 15.0 Å². The van der Waals surface area contributed by atoms with Crippen molar-refractivity contribution in [1.82, 2.24) is 5.32 Å². The number of rotatable bonds is 5. The van der Waals surface area contributed by atoms with Gasteiger partial charge in [0.15, 0.2) is 5.11 Å². The molecule has 0 unspecified atom stereocenters. The minimum Gasteiger partial charge on any atom is -0.496 e. The second kappa shape index (κ2) is 8.63. The highest BCUT2D eigenvalue weighted by Gasteiger charge is 2.36. The first-order valence-corrected chi connectivity index (χ1v) is 9.79. The molecule has 1 N–H and O–H groups in total. The molecule has 1 fully saturated rings. The van der Waals surface area contributed by atoms with Crippen LogP contribution in [0.4, 0.5) is 15.8 Å². The second-order valence-corrected chi connectivity index (χ2v) is 7.14. The Bertz CT molecular complexity index is 1350. The molecule has 0 spiro atoms. The summed E-state index contributed by atoms with van der Waals surface area (Å²) < 4.78 is 25.2. The smallest absolute Gasteiger partial charge is 0.270 e. The zero-order valence-electron chi connectivity index (χ0n) is 16.9. The van der Waals surface area contributed by atoms with E-state index < -0.39 is 22.6 Å². The van der Waals surface area contributed by atoms with Gasteiger partial charge in [0.05, 0.1) is 23.3 Å². The minimum absolute atomic E-state index is 0.110. The van der Waals surface area contributed by atoms with Crippen molar-refractivity contribution in [3.8, 4) is 17.1 Å². The first-order valence-electron chi connectivity index (χ1n) is 9.38. The summed E-state index contributed by atoms with van der Waals surface area (Å²) in [5.41, 5.74) is -0.304. The number of hydrogen-bond donors (Lipinski definition) is 1. The lowest BCUT2D eigenvalue weighted by Crippen LogP contribution is -2.54. The van der Waals surface area contributed by atoms with E-state index in [1.54, 1.807) is 0 Å². The molecule has 1 aromatic heterocycles. The summed E-state index contributed by atoms with van der Waals surface area (Å²) in [6.45, 7) is 0. The third kappa shape index (κ3) is 4.08. The highest BCUT2D eigenvalue weighted by molar-refractivity contribution is 7.80. The van der Waals surface area contributed by atoms with Crippen LogP contribution in [0.15, 0.2) is 64.6 Å². The molecule has 1 saturated heterocycles. The summed E-state index contributed by atoms with van der Waals surface area (Å²) in [5.74, 6) is -1.65. The molecule has 2 aromatic carbocycles. The summed E-state index contributed by atoms with van der Waals surface area (Å²) in [6, 6.07) is 12.5. The van der Waals surface area contributed by atoms with Gasteiger partial charge in [0.2, 0.25) is 0 Å². The number of nitrogens with one attached hydrogen (secondary N) is 1. The van der Waals surface area contributed by atoms with E-state index in [-0.39, 0.29) is 33.6 Å². The highest BCUT2D eigenvalue weighted by atomic mass is 32.1. The molecule has 9 nitrogen and oxygen atoms in total. The Morgan fingerprint density at radius 3 is 2.64 bits per heavy atom. The van der Waals surface area contributed by atoms with Gasteiger partial charge in [-0.3, -0.25) is 25.0 Å². The summed E-state index contributed by atoms with van der Waals surface area (Å²) in [5, 5.41) is 13.2. The number of nitro benzene ring substituents is 1. The molecule has 0 atom stereocenters. The van der Waals surface area contributed by atoms with Crippen LogP contribution in [0.2, 0.25) is 0 Å². The number of anilines is 1. The summed E-state index contributed by atoms with van der Waals surface area (Å²) in [6.07, 6.45) is 1.18. The van der Waals surface area contributed by atoms with E-state index in [0.717, 1.165) is 11.0 Å². The number of ether oxygens (including phenoxy) is 1. The molecule has 0 radical (unpaired) electrons. The quantitative estimate of drug-likeness (QED) is 0.199. The van der Waals surface area contributed by atoms with Crippen molar-refractivity contribution < 1.29 is 28.1 Å². The molecular formula is C22H14FN3O6S. The van der Waals surface area contributed by atoms with Crippen molar-refractivity contribution in [2.75, 3.05) is 12.0 Å². The van der Waals surface area contributed by atoms with Crippen LogP contribution in [-0.4, -0.2) is 29.0 Å². The number of amides is 2. The number of non-ortho nitro benzene ring substituents is 1. The molecule has 0 saturated carbocycles. The number of methoxy groups -OCH3 is 1. The summed E-state index contributed by atoms with van der Waals surface area (Å²) in [7, 11) is 1.40. The maximum Gasteiger partial charge on any atom is 0.270 e. The molecule has 33 heavy (non-hydrogen) atoms. The maximum absolute atomic E-state index is 14.3. The van der Waals surface area contributed by atoms with Gasteiger partial charge >= 0.3 is 0 Å². The van der Waals surface area contributed by atoms with Crippen LogP contribution in [-0.2, 0) is 9.59 Å². The lowest BCUT2D eigenvalue weighted by Gasteiger charge is -2.28. The van der Waals surface area contributed by atoms with Crippen LogP contribution in [0, 0.1) is 15.9 Å². The number of furan rings is 1. The fourth-order valence-electron chi connectivity index (χ4n) is 3.23. The van der Waals surface area contributed by atoms with E-state index in [4.69, 9.17) is 21.4 Å². The number of para-hydroxylation sites is 1. The standard InChI is InChI=1S/C22H14FN3O6S/c1-31-18-8-6-12(26(29)30)10-14(18)19-9-7-13(32-19)11-15-20(27)24-22(33)25(21(15)28)17-5-3-2-4-16(17)23/h2-11H,1H3,(H,24,27,33)/b15-11-. The Morgan fingerprint density at radius 2 is 1.94 bits per heavy atom. The van der Waals surface area contributed by atoms with E-state index >= 15 is 0 Å². The van der Waals surface area contributed by atoms with Crippen LogP contribution in [0.25, 0.3) is 17.4 Å².